The fourth-order valence-corrected chi connectivity index (χ4v) is 2.53. The fourth-order valence-electron chi connectivity index (χ4n) is 2.53. The topological polar surface area (TPSA) is 69.6 Å². The van der Waals surface area contributed by atoms with Crippen molar-refractivity contribution in [3.63, 3.8) is 0 Å². The summed E-state index contributed by atoms with van der Waals surface area (Å²) in [7, 11) is 0. The van der Waals surface area contributed by atoms with Crippen LogP contribution in [0.1, 0.15) is 30.2 Å². The summed E-state index contributed by atoms with van der Waals surface area (Å²) in [5.41, 5.74) is 10.1. The van der Waals surface area contributed by atoms with Crippen LogP contribution in [0, 0.1) is 6.92 Å². The molecule has 3 aromatic rings. The molecule has 1 atom stereocenters. The first-order valence-electron chi connectivity index (χ1n) is 7.17. The van der Waals surface area contributed by atoms with Crippen LogP contribution >= 0.6 is 0 Å². The number of benzene rings is 1. The van der Waals surface area contributed by atoms with Crippen molar-refractivity contribution < 1.29 is 0 Å². The third-order valence-corrected chi connectivity index (χ3v) is 3.63. The predicted molar refractivity (Wildman–Crippen MR) is 82.8 cm³/mol. The Labute approximate surface area is 123 Å². The number of aromatic nitrogens is 4. The number of aryl methyl sites for hydroxylation is 2. The molecule has 2 aromatic heterocycles. The molecule has 3 rings (SSSR count). The minimum absolute atomic E-state index is 0.194. The Morgan fingerprint density at radius 2 is 2.00 bits per heavy atom. The van der Waals surface area contributed by atoms with Gasteiger partial charge in [-0.25, -0.2) is 4.98 Å². The van der Waals surface area contributed by atoms with Gasteiger partial charge in [0.05, 0.1) is 34.7 Å². The van der Waals surface area contributed by atoms with Crippen LogP contribution in [0.5, 0.6) is 0 Å². The zero-order valence-electron chi connectivity index (χ0n) is 12.3. The summed E-state index contributed by atoms with van der Waals surface area (Å²) in [6, 6.07) is 7.96. The van der Waals surface area contributed by atoms with Crippen LogP contribution in [0.15, 0.2) is 36.7 Å². The summed E-state index contributed by atoms with van der Waals surface area (Å²) >= 11 is 0. The van der Waals surface area contributed by atoms with Gasteiger partial charge in [-0.05, 0) is 26.0 Å². The molecule has 0 bridgehead atoms. The van der Waals surface area contributed by atoms with Crippen LogP contribution in [0.25, 0.3) is 11.0 Å². The summed E-state index contributed by atoms with van der Waals surface area (Å²) in [4.78, 5) is 13.3. The Hall–Kier alpha value is -2.27. The average Bonchev–Trinajstić information content (AvgIpc) is 2.84. The van der Waals surface area contributed by atoms with Gasteiger partial charge in [0.25, 0.3) is 0 Å². The molecule has 21 heavy (non-hydrogen) atoms. The smallest absolute Gasteiger partial charge is 0.111 e. The molecule has 0 saturated heterocycles. The maximum absolute atomic E-state index is 6.27. The van der Waals surface area contributed by atoms with Gasteiger partial charge in [-0.1, -0.05) is 12.1 Å². The number of hydrogen-bond acceptors (Lipinski definition) is 4. The molecule has 1 aromatic carbocycles. The van der Waals surface area contributed by atoms with Crippen LogP contribution in [-0.4, -0.2) is 19.5 Å². The van der Waals surface area contributed by atoms with E-state index < -0.39 is 0 Å². The monoisotopic (exact) mass is 281 g/mol. The van der Waals surface area contributed by atoms with Gasteiger partial charge in [0, 0.05) is 19.2 Å². The van der Waals surface area contributed by atoms with Gasteiger partial charge >= 0.3 is 0 Å². The molecule has 0 spiro atoms. The highest BCUT2D eigenvalue weighted by molar-refractivity contribution is 5.75. The minimum atomic E-state index is -0.194. The lowest BCUT2D eigenvalue weighted by molar-refractivity contribution is 0.622. The van der Waals surface area contributed by atoms with Crippen LogP contribution in [0.2, 0.25) is 0 Å². The lowest BCUT2D eigenvalue weighted by atomic mass is 10.1. The van der Waals surface area contributed by atoms with Crippen molar-refractivity contribution in [2.45, 2.75) is 32.9 Å². The molecule has 108 valence electrons. The van der Waals surface area contributed by atoms with E-state index in [1.54, 1.807) is 12.4 Å². The summed E-state index contributed by atoms with van der Waals surface area (Å²) in [6.45, 7) is 4.91. The maximum Gasteiger partial charge on any atom is 0.111 e. The van der Waals surface area contributed by atoms with E-state index in [2.05, 4.69) is 27.5 Å². The van der Waals surface area contributed by atoms with Crippen molar-refractivity contribution in [2.24, 2.45) is 5.73 Å². The molecule has 0 radical (unpaired) electrons. The van der Waals surface area contributed by atoms with Crippen LogP contribution in [0.3, 0.4) is 0 Å². The summed E-state index contributed by atoms with van der Waals surface area (Å²) in [6.07, 6.45) is 4.15. The number of nitrogens with two attached hydrogens (primary N) is 1. The lowest BCUT2D eigenvalue weighted by Gasteiger charge is -2.12. The highest BCUT2D eigenvalue weighted by Gasteiger charge is 2.15. The minimum Gasteiger partial charge on any atom is -0.328 e. The first kappa shape index (κ1) is 13.7. The molecule has 2 heterocycles. The highest BCUT2D eigenvalue weighted by Crippen LogP contribution is 2.19. The Morgan fingerprint density at radius 1 is 1.19 bits per heavy atom. The van der Waals surface area contributed by atoms with Gasteiger partial charge in [0.2, 0.25) is 0 Å². The molecule has 5 heteroatoms. The van der Waals surface area contributed by atoms with E-state index in [1.807, 2.05) is 25.1 Å². The van der Waals surface area contributed by atoms with Gasteiger partial charge in [0.1, 0.15) is 5.82 Å². The van der Waals surface area contributed by atoms with Crippen molar-refractivity contribution >= 4 is 11.0 Å². The van der Waals surface area contributed by atoms with Gasteiger partial charge in [-0.15, -0.1) is 0 Å². The third kappa shape index (κ3) is 2.64. The molecular formula is C16H19N5. The number of imidazole rings is 1. The molecule has 2 N–H and O–H groups in total. The standard InChI is InChI=1S/C16H19N5/c1-3-21-15-7-5-4-6-13(15)20-16(21)8-12(17)14-10-18-11(2)9-19-14/h4-7,9-10,12H,3,8,17H2,1-2H3. The van der Waals surface area contributed by atoms with Crippen molar-refractivity contribution in [3.8, 4) is 0 Å². The van der Waals surface area contributed by atoms with E-state index in [9.17, 15) is 0 Å². The lowest BCUT2D eigenvalue weighted by Crippen LogP contribution is -2.18. The SMILES string of the molecule is CCn1c(CC(N)c2cnc(C)cn2)nc2ccccc21. The van der Waals surface area contributed by atoms with E-state index >= 15 is 0 Å². The molecule has 1 unspecified atom stereocenters. The van der Waals surface area contributed by atoms with E-state index in [0.29, 0.717) is 6.42 Å². The average molecular weight is 281 g/mol. The first-order valence-corrected chi connectivity index (χ1v) is 7.17. The van der Waals surface area contributed by atoms with Crippen molar-refractivity contribution in [3.05, 3.63) is 53.9 Å². The summed E-state index contributed by atoms with van der Waals surface area (Å²) < 4.78 is 2.21. The van der Waals surface area contributed by atoms with Crippen LogP contribution in [-0.2, 0) is 13.0 Å². The Bertz CT molecular complexity index is 745. The van der Waals surface area contributed by atoms with Gasteiger partial charge in [-0.2, -0.15) is 0 Å². The van der Waals surface area contributed by atoms with E-state index in [0.717, 1.165) is 34.8 Å². The van der Waals surface area contributed by atoms with Crippen molar-refractivity contribution in [1.29, 1.82) is 0 Å². The molecule has 0 saturated carbocycles. The molecule has 0 amide bonds. The van der Waals surface area contributed by atoms with E-state index in [1.165, 1.54) is 0 Å². The molecular weight excluding hydrogens is 262 g/mol. The Morgan fingerprint density at radius 3 is 2.71 bits per heavy atom. The third-order valence-electron chi connectivity index (χ3n) is 3.63. The zero-order chi connectivity index (χ0) is 14.8. The molecule has 5 nitrogen and oxygen atoms in total. The first-order chi connectivity index (χ1) is 10.2. The van der Waals surface area contributed by atoms with Crippen molar-refractivity contribution in [1.82, 2.24) is 19.5 Å². The quantitative estimate of drug-likeness (QED) is 0.797. The molecule has 0 aliphatic heterocycles. The fraction of sp³-hybridized carbons (Fsp3) is 0.312. The maximum atomic E-state index is 6.27. The highest BCUT2D eigenvalue weighted by atomic mass is 15.1. The Kier molecular flexibility index (Phi) is 3.66. The van der Waals surface area contributed by atoms with Gasteiger partial charge in [0.15, 0.2) is 0 Å². The zero-order valence-corrected chi connectivity index (χ0v) is 12.3. The van der Waals surface area contributed by atoms with Crippen molar-refractivity contribution in [2.75, 3.05) is 0 Å². The number of hydrogen-bond donors (Lipinski definition) is 1. The molecule has 0 aliphatic rings. The predicted octanol–water partition coefficient (Wildman–Crippen LogP) is 2.40. The number of fused-ring (bicyclic) bond motifs is 1. The number of para-hydroxylation sites is 2. The second-order valence-corrected chi connectivity index (χ2v) is 5.15. The van der Waals surface area contributed by atoms with Gasteiger partial charge < -0.3 is 10.3 Å². The summed E-state index contributed by atoms with van der Waals surface area (Å²) in [5, 5.41) is 0. The Balaban J connectivity index is 1.92. The second kappa shape index (κ2) is 5.61. The number of rotatable bonds is 4. The van der Waals surface area contributed by atoms with Crippen LogP contribution in [0.4, 0.5) is 0 Å². The number of nitrogens with zero attached hydrogens (tertiary/aromatic N) is 4. The largest absolute Gasteiger partial charge is 0.328 e. The van der Waals surface area contributed by atoms with E-state index in [-0.39, 0.29) is 6.04 Å². The van der Waals surface area contributed by atoms with Gasteiger partial charge in [-0.3, -0.25) is 9.97 Å². The molecule has 0 fully saturated rings. The van der Waals surface area contributed by atoms with E-state index in [4.69, 9.17) is 10.7 Å². The normalized spacial score (nSPS) is 12.7. The molecule has 0 aliphatic carbocycles. The van der Waals surface area contributed by atoms with Crippen LogP contribution < -0.4 is 5.73 Å². The summed E-state index contributed by atoms with van der Waals surface area (Å²) in [5.74, 6) is 0.994. The second-order valence-electron chi connectivity index (χ2n) is 5.15.